The van der Waals surface area contributed by atoms with Crippen LogP contribution in [0.25, 0.3) is 0 Å². The number of hydrogen-bond acceptors (Lipinski definition) is 5. The van der Waals surface area contributed by atoms with Crippen LogP contribution in [0.15, 0.2) is 24.3 Å². The molecule has 1 aromatic carbocycles. The van der Waals surface area contributed by atoms with E-state index in [0.29, 0.717) is 0 Å². The molecule has 0 saturated carbocycles. The second-order valence-corrected chi connectivity index (χ2v) is 6.62. The molecular formula is C18H25NO6. The lowest BCUT2D eigenvalue weighted by atomic mass is 10.1. The predicted octanol–water partition coefficient (Wildman–Crippen LogP) is 2.61. The summed E-state index contributed by atoms with van der Waals surface area (Å²) in [6.45, 7) is 5.53. The summed E-state index contributed by atoms with van der Waals surface area (Å²) in [6, 6.07) is 7.13. The van der Waals surface area contributed by atoms with Crippen molar-refractivity contribution in [2.75, 3.05) is 13.7 Å². The summed E-state index contributed by atoms with van der Waals surface area (Å²) in [5.74, 6) is -1.31. The van der Waals surface area contributed by atoms with Crippen LogP contribution in [0.3, 0.4) is 0 Å². The molecule has 1 rings (SSSR count). The fraction of sp³-hybridized carbons (Fsp3) is 0.500. The number of rotatable bonds is 7. The molecule has 0 fully saturated rings. The molecule has 0 radical (unpaired) electrons. The van der Waals surface area contributed by atoms with Gasteiger partial charge < -0.3 is 19.5 Å². The Bertz CT molecular complexity index is 603. The van der Waals surface area contributed by atoms with Crippen molar-refractivity contribution >= 4 is 18.0 Å². The molecule has 0 aliphatic rings. The summed E-state index contributed by atoms with van der Waals surface area (Å²) >= 11 is 0. The van der Waals surface area contributed by atoms with Crippen LogP contribution in [-0.4, -0.2) is 47.3 Å². The summed E-state index contributed by atoms with van der Waals surface area (Å²) < 4.78 is 9.95. The minimum Gasteiger partial charge on any atom is -0.481 e. The van der Waals surface area contributed by atoms with Gasteiger partial charge in [0.05, 0.1) is 20.0 Å². The SMILES string of the molecule is COC(=O)Cc1ccc(CN(CCC(=O)O)C(=O)OC(C)(C)C)cc1. The molecule has 7 heteroatoms. The highest BCUT2D eigenvalue weighted by molar-refractivity contribution is 5.72. The molecule has 0 heterocycles. The number of benzene rings is 1. The second kappa shape index (κ2) is 9.05. The quantitative estimate of drug-likeness (QED) is 0.759. The van der Waals surface area contributed by atoms with Crippen molar-refractivity contribution in [1.82, 2.24) is 4.90 Å². The molecule has 0 aromatic heterocycles. The van der Waals surface area contributed by atoms with Gasteiger partial charge in [-0.05, 0) is 31.9 Å². The Morgan fingerprint density at radius 1 is 1.08 bits per heavy atom. The lowest BCUT2D eigenvalue weighted by molar-refractivity contribution is -0.140. The first-order valence-corrected chi connectivity index (χ1v) is 7.95. The summed E-state index contributed by atoms with van der Waals surface area (Å²) in [5.41, 5.74) is 0.943. The third-order valence-electron chi connectivity index (χ3n) is 3.22. The van der Waals surface area contributed by atoms with Crippen LogP contribution in [0.5, 0.6) is 0 Å². The highest BCUT2D eigenvalue weighted by Crippen LogP contribution is 2.14. The van der Waals surface area contributed by atoms with Gasteiger partial charge in [-0.1, -0.05) is 24.3 Å². The van der Waals surface area contributed by atoms with Crippen LogP contribution >= 0.6 is 0 Å². The van der Waals surface area contributed by atoms with Crippen molar-refractivity contribution in [2.24, 2.45) is 0 Å². The molecular weight excluding hydrogens is 326 g/mol. The molecule has 0 atom stereocenters. The highest BCUT2D eigenvalue weighted by Gasteiger charge is 2.22. The van der Waals surface area contributed by atoms with Crippen molar-refractivity contribution in [1.29, 1.82) is 0 Å². The summed E-state index contributed by atoms with van der Waals surface area (Å²) in [6.07, 6.45) is -0.557. The van der Waals surface area contributed by atoms with Crippen molar-refractivity contribution in [2.45, 2.75) is 45.8 Å². The van der Waals surface area contributed by atoms with Gasteiger partial charge in [0.25, 0.3) is 0 Å². The maximum absolute atomic E-state index is 12.3. The fourth-order valence-electron chi connectivity index (χ4n) is 2.01. The molecule has 0 bridgehead atoms. The number of nitrogens with zero attached hydrogens (tertiary/aromatic N) is 1. The van der Waals surface area contributed by atoms with E-state index in [0.717, 1.165) is 11.1 Å². The van der Waals surface area contributed by atoms with Gasteiger partial charge in [0.2, 0.25) is 0 Å². The molecule has 1 N–H and O–H groups in total. The number of carboxylic acid groups (broad SMARTS) is 1. The lowest BCUT2D eigenvalue weighted by Gasteiger charge is -2.27. The summed E-state index contributed by atoms with van der Waals surface area (Å²) in [7, 11) is 1.33. The van der Waals surface area contributed by atoms with E-state index in [9.17, 15) is 14.4 Å². The number of methoxy groups -OCH3 is 1. The minimum absolute atomic E-state index is 0.0498. The van der Waals surface area contributed by atoms with E-state index in [1.165, 1.54) is 12.0 Å². The standard InChI is InChI=1S/C18H25NO6/c1-18(2,3)25-17(23)19(10-9-15(20)21)12-14-7-5-13(6-8-14)11-16(22)24-4/h5-8H,9-12H2,1-4H3,(H,20,21). The van der Waals surface area contributed by atoms with Gasteiger partial charge in [0.1, 0.15) is 5.60 Å². The number of hydrogen-bond donors (Lipinski definition) is 1. The first-order valence-electron chi connectivity index (χ1n) is 7.95. The normalized spacial score (nSPS) is 10.9. The molecule has 138 valence electrons. The van der Waals surface area contributed by atoms with Crippen LogP contribution in [-0.2, 0) is 32.0 Å². The first-order chi connectivity index (χ1) is 11.6. The molecule has 0 spiro atoms. The average Bonchev–Trinajstić information content (AvgIpc) is 2.50. The van der Waals surface area contributed by atoms with Gasteiger partial charge in [-0.15, -0.1) is 0 Å². The van der Waals surface area contributed by atoms with Crippen LogP contribution in [0.2, 0.25) is 0 Å². The third kappa shape index (κ3) is 8.19. The summed E-state index contributed by atoms with van der Waals surface area (Å²) in [5, 5.41) is 8.86. The zero-order valence-electron chi connectivity index (χ0n) is 15.1. The Labute approximate surface area is 147 Å². The Morgan fingerprint density at radius 2 is 1.64 bits per heavy atom. The molecule has 0 aliphatic heterocycles. The van der Waals surface area contributed by atoms with E-state index < -0.39 is 17.7 Å². The fourth-order valence-corrected chi connectivity index (χ4v) is 2.01. The third-order valence-corrected chi connectivity index (χ3v) is 3.22. The van der Waals surface area contributed by atoms with Gasteiger partial charge in [-0.2, -0.15) is 0 Å². The van der Waals surface area contributed by atoms with E-state index in [1.54, 1.807) is 45.0 Å². The van der Waals surface area contributed by atoms with E-state index in [1.807, 2.05) is 0 Å². The monoisotopic (exact) mass is 351 g/mol. The van der Waals surface area contributed by atoms with Crippen molar-refractivity contribution in [3.63, 3.8) is 0 Å². The maximum Gasteiger partial charge on any atom is 0.410 e. The van der Waals surface area contributed by atoms with Crippen LogP contribution in [0, 0.1) is 0 Å². The van der Waals surface area contributed by atoms with E-state index >= 15 is 0 Å². The predicted molar refractivity (Wildman–Crippen MR) is 91.1 cm³/mol. The van der Waals surface area contributed by atoms with Crippen molar-refractivity contribution in [3.05, 3.63) is 35.4 Å². The summed E-state index contributed by atoms with van der Waals surface area (Å²) in [4.78, 5) is 35.7. The zero-order chi connectivity index (χ0) is 19.0. The van der Waals surface area contributed by atoms with E-state index in [4.69, 9.17) is 9.84 Å². The lowest BCUT2D eigenvalue weighted by Crippen LogP contribution is -2.37. The Morgan fingerprint density at radius 3 is 2.12 bits per heavy atom. The van der Waals surface area contributed by atoms with Crippen molar-refractivity contribution < 1.29 is 29.0 Å². The Hall–Kier alpha value is -2.57. The maximum atomic E-state index is 12.3. The van der Waals surface area contributed by atoms with E-state index in [2.05, 4.69) is 4.74 Å². The largest absolute Gasteiger partial charge is 0.481 e. The topological polar surface area (TPSA) is 93.1 Å². The van der Waals surface area contributed by atoms with Crippen LogP contribution in [0.1, 0.15) is 38.3 Å². The van der Waals surface area contributed by atoms with Crippen LogP contribution in [0.4, 0.5) is 4.79 Å². The number of aliphatic carboxylic acids is 1. The van der Waals surface area contributed by atoms with Crippen molar-refractivity contribution in [3.8, 4) is 0 Å². The molecule has 25 heavy (non-hydrogen) atoms. The van der Waals surface area contributed by atoms with Gasteiger partial charge in [0.15, 0.2) is 0 Å². The van der Waals surface area contributed by atoms with Gasteiger partial charge in [-0.3, -0.25) is 9.59 Å². The average molecular weight is 351 g/mol. The van der Waals surface area contributed by atoms with Gasteiger partial charge in [0, 0.05) is 13.1 Å². The minimum atomic E-state index is -0.984. The van der Waals surface area contributed by atoms with Gasteiger partial charge >= 0.3 is 18.0 Å². The number of carbonyl (C=O) groups is 3. The number of carboxylic acids is 1. The molecule has 1 aromatic rings. The first kappa shape index (κ1) is 20.5. The smallest absolute Gasteiger partial charge is 0.410 e. The second-order valence-electron chi connectivity index (χ2n) is 6.62. The molecule has 1 amide bonds. The number of amides is 1. The number of ether oxygens (including phenoxy) is 2. The zero-order valence-corrected chi connectivity index (χ0v) is 15.1. The van der Waals surface area contributed by atoms with Gasteiger partial charge in [-0.25, -0.2) is 4.79 Å². The molecule has 7 nitrogen and oxygen atoms in total. The molecule has 0 saturated heterocycles. The Balaban J connectivity index is 2.80. The van der Waals surface area contributed by atoms with E-state index in [-0.39, 0.29) is 31.9 Å². The van der Waals surface area contributed by atoms with Crippen LogP contribution < -0.4 is 0 Å². The Kier molecular flexibility index (Phi) is 7.42. The number of carbonyl (C=O) groups excluding carboxylic acids is 2. The number of esters is 1. The molecule has 0 aliphatic carbocycles. The molecule has 0 unspecified atom stereocenters. The highest BCUT2D eigenvalue weighted by atomic mass is 16.6.